The van der Waals surface area contributed by atoms with Crippen LogP contribution in [0.5, 0.6) is 0 Å². The SMILES string of the molecule is CC1(C)c2cc(N(c3ccccc3)c3ccccc3)ccc2N(c2cc3c(c4oc5ccccc5c24)C=Cc2c(ccc4c2oc2ccccc24)C3(C)C)c2ccc(N(c3ccccc3)c3ccccc3)cc21. The maximum atomic E-state index is 7.16. The summed E-state index contributed by atoms with van der Waals surface area (Å²) >= 11 is 0. The lowest BCUT2D eigenvalue weighted by Crippen LogP contribution is -2.32. The van der Waals surface area contributed by atoms with Crippen LogP contribution in [-0.2, 0) is 10.8 Å². The third-order valence-corrected chi connectivity index (χ3v) is 15.6. The van der Waals surface area contributed by atoms with Gasteiger partial charge in [0.1, 0.15) is 22.3 Å². The second kappa shape index (κ2) is 16.2. The Hall–Kier alpha value is -9.06. The first-order valence-corrected chi connectivity index (χ1v) is 25.3. The van der Waals surface area contributed by atoms with E-state index in [0.29, 0.717) is 0 Å². The van der Waals surface area contributed by atoms with Crippen LogP contribution in [0.2, 0.25) is 0 Å². The highest BCUT2D eigenvalue weighted by atomic mass is 16.3. The van der Waals surface area contributed by atoms with Gasteiger partial charge in [0.25, 0.3) is 0 Å². The van der Waals surface area contributed by atoms with Gasteiger partial charge in [0.2, 0.25) is 0 Å². The minimum Gasteiger partial charge on any atom is -0.455 e. The number of benzene rings is 10. The maximum absolute atomic E-state index is 7.16. The Kier molecular flexibility index (Phi) is 9.52. The van der Waals surface area contributed by atoms with E-state index in [9.17, 15) is 0 Å². The molecule has 10 aromatic carbocycles. The molecule has 350 valence electrons. The summed E-state index contributed by atoms with van der Waals surface area (Å²) < 4.78 is 13.9. The highest BCUT2D eigenvalue weighted by Gasteiger charge is 2.41. The lowest BCUT2D eigenvalue weighted by molar-refractivity contribution is 0.624. The Bertz CT molecular complexity index is 3940. The van der Waals surface area contributed by atoms with E-state index in [1.807, 2.05) is 6.07 Å². The van der Waals surface area contributed by atoms with Crippen molar-refractivity contribution in [3.05, 3.63) is 258 Å². The van der Waals surface area contributed by atoms with Crippen LogP contribution >= 0.6 is 0 Å². The summed E-state index contributed by atoms with van der Waals surface area (Å²) in [6, 6.07) is 80.8. The maximum Gasteiger partial charge on any atom is 0.145 e. The van der Waals surface area contributed by atoms with Gasteiger partial charge >= 0.3 is 0 Å². The van der Waals surface area contributed by atoms with Crippen LogP contribution in [0.4, 0.5) is 51.2 Å². The highest BCUT2D eigenvalue weighted by molar-refractivity contribution is 6.18. The number of fused-ring (bicyclic) bond motifs is 12. The summed E-state index contributed by atoms with van der Waals surface area (Å²) in [7, 11) is 0. The fourth-order valence-corrected chi connectivity index (χ4v) is 12.0. The molecule has 12 aromatic rings. The zero-order chi connectivity index (χ0) is 49.0. The number of anilines is 9. The number of rotatable bonds is 7. The number of hydrogen-bond donors (Lipinski definition) is 0. The van der Waals surface area contributed by atoms with Gasteiger partial charge in [-0.2, -0.15) is 0 Å². The molecule has 14 rings (SSSR count). The topological polar surface area (TPSA) is 36.0 Å². The fraction of sp³-hybridized carbons (Fsp3) is 0.0882. The van der Waals surface area contributed by atoms with Crippen molar-refractivity contribution >= 4 is 107 Å². The minimum atomic E-state index is -0.477. The molecule has 0 N–H and O–H groups in total. The van der Waals surface area contributed by atoms with Gasteiger partial charge in [-0.05, 0) is 125 Å². The average Bonchev–Trinajstić information content (AvgIpc) is 3.99. The molecule has 5 nitrogen and oxygen atoms in total. The van der Waals surface area contributed by atoms with Crippen LogP contribution in [-0.4, -0.2) is 0 Å². The number of para-hydroxylation sites is 6. The predicted octanol–water partition coefficient (Wildman–Crippen LogP) is 19.3. The number of furan rings is 2. The smallest absolute Gasteiger partial charge is 0.145 e. The first kappa shape index (κ1) is 42.8. The van der Waals surface area contributed by atoms with Gasteiger partial charge in [-0.25, -0.2) is 0 Å². The minimum absolute atomic E-state index is 0.465. The van der Waals surface area contributed by atoms with E-state index in [1.165, 1.54) is 22.3 Å². The molecule has 0 saturated heterocycles. The van der Waals surface area contributed by atoms with E-state index in [0.717, 1.165) is 106 Å². The third kappa shape index (κ3) is 6.55. The number of nitrogens with zero attached hydrogens (tertiary/aromatic N) is 3. The Morgan fingerprint density at radius 3 is 1.27 bits per heavy atom. The monoisotopic (exact) mass is 941 g/mol. The van der Waals surface area contributed by atoms with Gasteiger partial charge in [-0.15, -0.1) is 0 Å². The molecule has 73 heavy (non-hydrogen) atoms. The second-order valence-corrected chi connectivity index (χ2v) is 20.5. The van der Waals surface area contributed by atoms with Crippen molar-refractivity contribution in [1.29, 1.82) is 0 Å². The summed E-state index contributed by atoms with van der Waals surface area (Å²) in [5.74, 6) is 0. The van der Waals surface area contributed by atoms with Crippen molar-refractivity contribution in [2.24, 2.45) is 0 Å². The zero-order valence-corrected chi connectivity index (χ0v) is 41.2. The van der Waals surface area contributed by atoms with E-state index < -0.39 is 10.8 Å². The normalized spacial score (nSPS) is 14.2. The molecule has 0 spiro atoms. The molecular weight excluding hydrogens is 891 g/mol. The molecule has 2 aromatic heterocycles. The van der Waals surface area contributed by atoms with Gasteiger partial charge in [0.15, 0.2) is 0 Å². The van der Waals surface area contributed by atoms with Crippen LogP contribution in [0, 0.1) is 0 Å². The summed E-state index contributed by atoms with van der Waals surface area (Å²) in [6.45, 7) is 9.50. The zero-order valence-electron chi connectivity index (χ0n) is 41.2. The van der Waals surface area contributed by atoms with Crippen LogP contribution in [0.25, 0.3) is 56.0 Å². The van der Waals surface area contributed by atoms with E-state index in [4.69, 9.17) is 8.83 Å². The van der Waals surface area contributed by atoms with Crippen molar-refractivity contribution in [2.45, 2.75) is 38.5 Å². The molecule has 0 unspecified atom stereocenters. The predicted molar refractivity (Wildman–Crippen MR) is 305 cm³/mol. The van der Waals surface area contributed by atoms with Crippen LogP contribution < -0.4 is 14.7 Å². The number of hydrogen-bond acceptors (Lipinski definition) is 5. The van der Waals surface area contributed by atoms with Gasteiger partial charge in [-0.1, -0.05) is 161 Å². The molecule has 0 saturated carbocycles. The molecule has 3 heterocycles. The van der Waals surface area contributed by atoms with Crippen LogP contribution in [0.3, 0.4) is 0 Å². The third-order valence-electron chi connectivity index (χ3n) is 15.6. The molecular formula is C68H51N3O2. The van der Waals surface area contributed by atoms with E-state index >= 15 is 0 Å². The molecule has 0 atom stereocenters. The Balaban J connectivity index is 1.05. The summed E-state index contributed by atoms with van der Waals surface area (Å²) in [6.07, 6.45) is 4.53. The average molecular weight is 942 g/mol. The van der Waals surface area contributed by atoms with Crippen LogP contribution in [0.1, 0.15) is 61.1 Å². The molecule has 2 aliphatic rings. The van der Waals surface area contributed by atoms with Crippen molar-refractivity contribution < 1.29 is 8.83 Å². The first-order chi connectivity index (χ1) is 35.7. The van der Waals surface area contributed by atoms with Crippen molar-refractivity contribution in [3.8, 4) is 0 Å². The quantitative estimate of drug-likeness (QED) is 0.159. The fourth-order valence-electron chi connectivity index (χ4n) is 12.0. The molecule has 1 aliphatic heterocycles. The first-order valence-electron chi connectivity index (χ1n) is 25.3. The van der Waals surface area contributed by atoms with Gasteiger partial charge in [0, 0.05) is 72.2 Å². The van der Waals surface area contributed by atoms with Gasteiger partial charge in [-0.3, -0.25) is 0 Å². The summed E-state index contributed by atoms with van der Waals surface area (Å²) in [4.78, 5) is 7.27. The van der Waals surface area contributed by atoms with Crippen LogP contribution in [0.15, 0.2) is 233 Å². The van der Waals surface area contributed by atoms with Gasteiger partial charge in [0.05, 0.1) is 22.4 Å². The molecule has 0 bridgehead atoms. The molecule has 0 fully saturated rings. The van der Waals surface area contributed by atoms with Crippen molar-refractivity contribution in [2.75, 3.05) is 14.7 Å². The van der Waals surface area contributed by atoms with E-state index in [-0.39, 0.29) is 0 Å². The molecule has 1 aliphatic carbocycles. The molecule has 0 radical (unpaired) electrons. The lowest BCUT2D eigenvalue weighted by Gasteiger charge is -2.44. The van der Waals surface area contributed by atoms with E-state index in [2.05, 4.69) is 273 Å². The van der Waals surface area contributed by atoms with Gasteiger partial charge < -0.3 is 23.5 Å². The summed E-state index contributed by atoms with van der Waals surface area (Å²) in [5, 5.41) is 4.39. The molecule has 5 heteroatoms. The Morgan fingerprint density at radius 1 is 0.329 bits per heavy atom. The Morgan fingerprint density at radius 2 is 0.753 bits per heavy atom. The molecule has 0 amide bonds. The standard InChI is InChI=1S/C68H51N3O2/c1-67(2)55-38-37-51-50-29-17-19-31-62(50)72-65(51)52(55)35-36-53-56(67)43-61(64-54-30-18-20-32-63(54)73-66(53)64)71-59-39-33-48(69(44-21-9-5-10-22-44)45-23-11-6-12-24-45)41-57(59)68(3,4)58-42-49(34-40-60(58)71)70(46-25-13-7-14-26-46)47-27-15-8-16-28-47/h5-43H,1-4H3. The van der Waals surface area contributed by atoms with Crippen molar-refractivity contribution in [3.63, 3.8) is 0 Å². The van der Waals surface area contributed by atoms with E-state index in [1.54, 1.807) is 0 Å². The largest absolute Gasteiger partial charge is 0.455 e. The summed E-state index contributed by atoms with van der Waals surface area (Å²) in [5.41, 5.74) is 19.4. The lowest BCUT2D eigenvalue weighted by atomic mass is 9.72. The Labute approximate surface area is 425 Å². The second-order valence-electron chi connectivity index (χ2n) is 20.5. The highest BCUT2D eigenvalue weighted by Crippen LogP contribution is 2.58. The van der Waals surface area contributed by atoms with Crippen molar-refractivity contribution in [1.82, 2.24) is 0 Å².